The number of benzene rings is 3. The van der Waals surface area contributed by atoms with E-state index in [4.69, 9.17) is 0 Å². The molecule has 4 nitrogen and oxygen atoms in total. The molecule has 3 aromatic carbocycles. The van der Waals surface area contributed by atoms with E-state index >= 15 is 0 Å². The third-order valence-electron chi connectivity index (χ3n) is 4.80. The van der Waals surface area contributed by atoms with Crippen LogP contribution in [0.5, 0.6) is 0 Å². The van der Waals surface area contributed by atoms with Gasteiger partial charge in [0, 0.05) is 11.4 Å². The van der Waals surface area contributed by atoms with Crippen LogP contribution in [0.15, 0.2) is 75.4 Å². The monoisotopic (exact) mass is 465 g/mol. The summed E-state index contributed by atoms with van der Waals surface area (Å²) in [7, 11) is 0. The molecule has 7 heteroatoms. The summed E-state index contributed by atoms with van der Waals surface area (Å²) in [4.78, 5) is 12.4. The number of carbonyl (C=O) groups excluding carboxylic acids is 1. The predicted octanol–water partition coefficient (Wildman–Crippen LogP) is 6.84. The molecule has 31 heavy (non-hydrogen) atoms. The Balaban J connectivity index is 1.32. The molecule has 0 saturated carbocycles. The highest BCUT2D eigenvalue weighted by atomic mass is 32.2. The van der Waals surface area contributed by atoms with Gasteiger partial charge >= 0.3 is 0 Å². The van der Waals surface area contributed by atoms with Crippen molar-refractivity contribution in [2.45, 2.75) is 34.2 Å². The van der Waals surface area contributed by atoms with Gasteiger partial charge in [-0.3, -0.25) is 4.79 Å². The van der Waals surface area contributed by atoms with Crippen LogP contribution in [0.1, 0.15) is 30.9 Å². The Morgan fingerprint density at radius 2 is 1.65 bits per heavy atom. The Morgan fingerprint density at radius 1 is 0.935 bits per heavy atom. The van der Waals surface area contributed by atoms with E-state index in [-0.39, 0.29) is 5.91 Å². The van der Waals surface area contributed by atoms with Crippen LogP contribution in [0.4, 0.5) is 5.69 Å². The molecule has 0 bridgehead atoms. The second kappa shape index (κ2) is 10.3. The lowest BCUT2D eigenvalue weighted by molar-refractivity contribution is -0.113. The average molecular weight is 466 g/mol. The van der Waals surface area contributed by atoms with Gasteiger partial charge in [-0.1, -0.05) is 109 Å². The van der Waals surface area contributed by atoms with Crippen LogP contribution in [0.2, 0.25) is 0 Å². The largest absolute Gasteiger partial charge is 0.325 e. The molecule has 0 aliphatic carbocycles. The van der Waals surface area contributed by atoms with E-state index in [1.54, 1.807) is 11.8 Å². The molecule has 0 unspecified atom stereocenters. The molecule has 0 aliphatic rings. The Hall–Kier alpha value is -2.35. The van der Waals surface area contributed by atoms with Crippen LogP contribution in [0, 0.1) is 0 Å². The summed E-state index contributed by atoms with van der Waals surface area (Å²) in [6.45, 7) is 4.25. The highest BCUT2D eigenvalue weighted by molar-refractivity contribution is 8.03. The summed E-state index contributed by atoms with van der Waals surface area (Å²) in [5, 5.41) is 14.1. The third-order valence-corrected chi connectivity index (χ3v) is 8.04. The highest BCUT2D eigenvalue weighted by Gasteiger charge is 2.12. The molecule has 4 rings (SSSR count). The number of fused-ring (bicyclic) bond motifs is 1. The first-order valence-electron chi connectivity index (χ1n) is 10.0. The van der Waals surface area contributed by atoms with Crippen molar-refractivity contribution in [3.05, 3.63) is 77.9 Å². The zero-order chi connectivity index (χ0) is 21.6. The Bertz CT molecular complexity index is 1180. The normalized spacial score (nSPS) is 11.2. The molecule has 1 heterocycles. The lowest BCUT2D eigenvalue weighted by Gasteiger charge is -2.13. The van der Waals surface area contributed by atoms with Gasteiger partial charge < -0.3 is 5.32 Å². The van der Waals surface area contributed by atoms with Crippen LogP contribution >= 0.6 is 34.9 Å². The number of para-hydroxylation sites is 1. The van der Waals surface area contributed by atoms with Gasteiger partial charge in [0.2, 0.25) is 5.91 Å². The number of aromatic nitrogens is 2. The summed E-state index contributed by atoms with van der Waals surface area (Å²) >= 11 is 4.65. The highest BCUT2D eigenvalue weighted by Crippen LogP contribution is 2.32. The fourth-order valence-electron chi connectivity index (χ4n) is 3.30. The van der Waals surface area contributed by atoms with E-state index in [2.05, 4.69) is 77.9 Å². The second-order valence-corrected chi connectivity index (χ2v) is 10.8. The molecule has 0 aliphatic heterocycles. The minimum atomic E-state index is -0.0294. The summed E-state index contributed by atoms with van der Waals surface area (Å²) in [6.07, 6.45) is 0. The molecule has 4 aromatic rings. The molecule has 0 atom stereocenters. The molecule has 0 saturated heterocycles. The Morgan fingerprint density at radius 3 is 2.48 bits per heavy atom. The number of rotatable bonds is 8. The topological polar surface area (TPSA) is 54.9 Å². The number of carbonyl (C=O) groups is 1. The minimum absolute atomic E-state index is 0.0294. The molecule has 1 amide bonds. The van der Waals surface area contributed by atoms with Gasteiger partial charge in [-0.05, 0) is 33.9 Å². The van der Waals surface area contributed by atoms with Crippen LogP contribution in [-0.4, -0.2) is 21.9 Å². The van der Waals surface area contributed by atoms with Gasteiger partial charge in [0.1, 0.15) is 0 Å². The molecular weight excluding hydrogens is 442 g/mol. The van der Waals surface area contributed by atoms with Crippen molar-refractivity contribution in [3.8, 4) is 0 Å². The molecule has 0 fully saturated rings. The number of anilines is 1. The fraction of sp³-hybridized carbons (Fsp3) is 0.208. The zero-order valence-electron chi connectivity index (χ0n) is 17.4. The van der Waals surface area contributed by atoms with Gasteiger partial charge in [0.25, 0.3) is 0 Å². The van der Waals surface area contributed by atoms with Crippen LogP contribution in [0.25, 0.3) is 10.8 Å². The van der Waals surface area contributed by atoms with E-state index < -0.39 is 0 Å². The number of amides is 1. The first-order chi connectivity index (χ1) is 15.1. The molecule has 0 spiro atoms. The number of thioether (sulfide) groups is 2. The van der Waals surface area contributed by atoms with Crippen LogP contribution in [0.3, 0.4) is 0 Å². The molecule has 1 aromatic heterocycles. The van der Waals surface area contributed by atoms with Crippen molar-refractivity contribution in [1.82, 2.24) is 10.2 Å². The smallest absolute Gasteiger partial charge is 0.234 e. The summed E-state index contributed by atoms with van der Waals surface area (Å²) in [5.41, 5.74) is 3.31. The first-order valence-corrected chi connectivity index (χ1v) is 12.8. The number of nitrogens with zero attached hydrogens (tertiary/aromatic N) is 2. The summed E-state index contributed by atoms with van der Waals surface area (Å²) in [6, 6.07) is 22.7. The third kappa shape index (κ3) is 5.67. The van der Waals surface area contributed by atoms with Crippen molar-refractivity contribution in [1.29, 1.82) is 0 Å². The fourth-order valence-corrected chi connectivity index (χ4v) is 6.12. The van der Waals surface area contributed by atoms with E-state index in [1.807, 2.05) is 18.2 Å². The van der Waals surface area contributed by atoms with Gasteiger partial charge in [0.05, 0.1) is 5.75 Å². The summed E-state index contributed by atoms with van der Waals surface area (Å²) < 4.78 is 1.73. The lowest BCUT2D eigenvalue weighted by Crippen LogP contribution is -2.15. The molecular formula is C24H23N3OS3. The van der Waals surface area contributed by atoms with E-state index in [9.17, 15) is 4.79 Å². The SMILES string of the molecule is CC(C)c1ccccc1NC(=O)CSc1nnc(SCc2cccc3ccccc23)s1. The molecule has 0 radical (unpaired) electrons. The maximum absolute atomic E-state index is 12.4. The van der Waals surface area contributed by atoms with E-state index in [0.29, 0.717) is 11.7 Å². The van der Waals surface area contributed by atoms with E-state index in [1.165, 1.54) is 39.4 Å². The Kier molecular flexibility index (Phi) is 7.27. The van der Waals surface area contributed by atoms with Crippen molar-refractivity contribution in [2.75, 3.05) is 11.1 Å². The van der Waals surface area contributed by atoms with Crippen LogP contribution in [-0.2, 0) is 10.5 Å². The first kappa shape index (κ1) is 21.9. The maximum Gasteiger partial charge on any atom is 0.234 e. The number of hydrogen-bond acceptors (Lipinski definition) is 6. The van der Waals surface area contributed by atoms with Crippen LogP contribution < -0.4 is 5.32 Å². The second-order valence-electron chi connectivity index (χ2n) is 7.34. The Labute approximate surface area is 194 Å². The van der Waals surface area contributed by atoms with Gasteiger partial charge in [-0.2, -0.15) is 0 Å². The molecule has 158 valence electrons. The predicted molar refractivity (Wildman–Crippen MR) is 133 cm³/mol. The van der Waals surface area contributed by atoms with Crippen molar-refractivity contribution in [2.24, 2.45) is 0 Å². The zero-order valence-corrected chi connectivity index (χ0v) is 19.8. The van der Waals surface area contributed by atoms with Gasteiger partial charge in [0.15, 0.2) is 8.68 Å². The quantitative estimate of drug-likeness (QED) is 0.289. The van der Waals surface area contributed by atoms with Crippen molar-refractivity contribution in [3.63, 3.8) is 0 Å². The molecule has 1 N–H and O–H groups in total. The summed E-state index contributed by atoms with van der Waals surface area (Å²) in [5.74, 6) is 1.48. The number of hydrogen-bond donors (Lipinski definition) is 1. The lowest BCUT2D eigenvalue weighted by atomic mass is 10.0. The standard InChI is InChI=1S/C24H23N3OS3/c1-16(2)19-11-5-6-13-21(19)25-22(28)15-30-24-27-26-23(31-24)29-14-18-10-7-9-17-8-3-4-12-20(17)18/h3-13,16H,14-15H2,1-2H3,(H,25,28). The minimum Gasteiger partial charge on any atom is -0.325 e. The number of nitrogens with one attached hydrogen (secondary N) is 1. The van der Waals surface area contributed by atoms with Gasteiger partial charge in [-0.25, -0.2) is 0 Å². The average Bonchev–Trinajstić information content (AvgIpc) is 3.24. The van der Waals surface area contributed by atoms with Crippen molar-refractivity contribution < 1.29 is 4.79 Å². The maximum atomic E-state index is 12.4. The van der Waals surface area contributed by atoms with E-state index in [0.717, 1.165) is 25.7 Å². The van der Waals surface area contributed by atoms with Crippen molar-refractivity contribution >= 4 is 57.2 Å². The van der Waals surface area contributed by atoms with Gasteiger partial charge in [-0.15, -0.1) is 10.2 Å².